The number of nitrogens with one attached hydrogen (secondary N) is 1. The Labute approximate surface area is 139 Å². The first-order chi connectivity index (χ1) is 11.0. The number of hydrogen-bond donors (Lipinski definition) is 1. The van der Waals surface area contributed by atoms with E-state index >= 15 is 0 Å². The zero-order valence-corrected chi connectivity index (χ0v) is 13.5. The number of pyridine rings is 1. The summed E-state index contributed by atoms with van der Waals surface area (Å²) >= 11 is 3.21. The van der Waals surface area contributed by atoms with Gasteiger partial charge in [-0.2, -0.15) is 5.10 Å². The fourth-order valence-corrected chi connectivity index (χ4v) is 2.06. The summed E-state index contributed by atoms with van der Waals surface area (Å²) in [6, 6.07) is 5.94. The SMILES string of the molecule is COc1ccc(/C=N/NC(=O)c2cncc(Br)c2)cc1[N+](=O)[O-]. The summed E-state index contributed by atoms with van der Waals surface area (Å²) in [6.45, 7) is 0. The molecule has 1 aromatic carbocycles. The minimum Gasteiger partial charge on any atom is -0.490 e. The Kier molecular flexibility index (Phi) is 5.36. The van der Waals surface area contributed by atoms with Crippen LogP contribution in [0.15, 0.2) is 46.2 Å². The Balaban J connectivity index is 2.10. The number of hydrazone groups is 1. The smallest absolute Gasteiger partial charge is 0.311 e. The Morgan fingerprint density at radius 1 is 1.43 bits per heavy atom. The largest absolute Gasteiger partial charge is 0.490 e. The maximum Gasteiger partial charge on any atom is 0.311 e. The maximum atomic E-state index is 11.8. The van der Waals surface area contributed by atoms with Crippen molar-refractivity contribution in [3.8, 4) is 5.75 Å². The van der Waals surface area contributed by atoms with Gasteiger partial charge in [0, 0.05) is 28.5 Å². The molecule has 0 bridgehead atoms. The number of carbonyl (C=O) groups excluding carboxylic acids is 1. The number of aromatic nitrogens is 1. The van der Waals surface area contributed by atoms with E-state index in [0.717, 1.165) is 0 Å². The number of carbonyl (C=O) groups is 1. The topological polar surface area (TPSA) is 107 Å². The molecule has 1 N–H and O–H groups in total. The van der Waals surface area contributed by atoms with Crippen molar-refractivity contribution in [1.29, 1.82) is 0 Å². The number of benzene rings is 1. The van der Waals surface area contributed by atoms with Gasteiger partial charge in [-0.05, 0) is 34.1 Å². The lowest BCUT2D eigenvalue weighted by Crippen LogP contribution is -2.17. The highest BCUT2D eigenvalue weighted by molar-refractivity contribution is 9.10. The van der Waals surface area contributed by atoms with Gasteiger partial charge in [0.2, 0.25) is 0 Å². The summed E-state index contributed by atoms with van der Waals surface area (Å²) in [7, 11) is 1.35. The van der Waals surface area contributed by atoms with Crippen molar-refractivity contribution < 1.29 is 14.5 Å². The minimum absolute atomic E-state index is 0.149. The molecular formula is C14H11BrN4O4. The number of hydrogen-bond acceptors (Lipinski definition) is 6. The van der Waals surface area contributed by atoms with Crippen molar-refractivity contribution >= 4 is 33.7 Å². The van der Waals surface area contributed by atoms with Gasteiger partial charge in [0.05, 0.1) is 23.8 Å². The summed E-state index contributed by atoms with van der Waals surface area (Å²) in [5.74, 6) is -0.297. The molecule has 0 radical (unpaired) electrons. The molecule has 9 heteroatoms. The van der Waals surface area contributed by atoms with Crippen LogP contribution in [0, 0.1) is 10.1 Å². The van der Waals surface area contributed by atoms with Gasteiger partial charge < -0.3 is 4.74 Å². The highest BCUT2D eigenvalue weighted by Crippen LogP contribution is 2.26. The van der Waals surface area contributed by atoms with Crippen molar-refractivity contribution in [2.45, 2.75) is 0 Å². The quantitative estimate of drug-likeness (QED) is 0.488. The van der Waals surface area contributed by atoms with Gasteiger partial charge in [0.15, 0.2) is 5.75 Å². The number of halogens is 1. The zero-order valence-electron chi connectivity index (χ0n) is 11.9. The van der Waals surface area contributed by atoms with E-state index < -0.39 is 10.8 Å². The third-order valence-electron chi connectivity index (χ3n) is 2.75. The lowest BCUT2D eigenvalue weighted by Gasteiger charge is -2.02. The molecule has 8 nitrogen and oxygen atoms in total. The van der Waals surface area contributed by atoms with E-state index in [1.807, 2.05) is 0 Å². The fraction of sp³-hybridized carbons (Fsp3) is 0.0714. The second-order valence-corrected chi connectivity index (χ2v) is 5.20. The highest BCUT2D eigenvalue weighted by atomic mass is 79.9. The molecule has 0 fully saturated rings. The number of nitro groups is 1. The van der Waals surface area contributed by atoms with Crippen LogP contribution in [0.5, 0.6) is 5.75 Å². The van der Waals surface area contributed by atoms with Gasteiger partial charge in [0.1, 0.15) is 0 Å². The first-order valence-corrected chi connectivity index (χ1v) is 7.07. The molecule has 23 heavy (non-hydrogen) atoms. The summed E-state index contributed by atoms with van der Waals surface area (Å²) in [6.07, 6.45) is 4.25. The molecule has 0 atom stereocenters. The molecule has 0 saturated heterocycles. The van der Waals surface area contributed by atoms with Crippen LogP contribution in [0.1, 0.15) is 15.9 Å². The number of amides is 1. The molecule has 1 aromatic heterocycles. The molecule has 0 aliphatic carbocycles. The molecule has 118 valence electrons. The second kappa shape index (κ2) is 7.45. The molecular weight excluding hydrogens is 368 g/mol. The first kappa shape index (κ1) is 16.6. The standard InChI is InChI=1S/C14H11BrN4O4/c1-23-13-3-2-9(4-12(13)19(21)22)6-17-18-14(20)10-5-11(15)8-16-7-10/h2-8H,1H3,(H,18,20)/b17-6+. The van der Waals surface area contributed by atoms with E-state index in [1.54, 1.807) is 18.3 Å². The Morgan fingerprint density at radius 3 is 2.87 bits per heavy atom. The lowest BCUT2D eigenvalue weighted by atomic mass is 10.2. The van der Waals surface area contributed by atoms with Gasteiger partial charge in [-0.15, -0.1) is 0 Å². The number of ether oxygens (including phenoxy) is 1. The van der Waals surface area contributed by atoms with Crippen LogP contribution < -0.4 is 10.2 Å². The normalized spacial score (nSPS) is 10.5. The van der Waals surface area contributed by atoms with E-state index in [2.05, 4.69) is 31.4 Å². The van der Waals surface area contributed by atoms with Crippen LogP contribution in [0.3, 0.4) is 0 Å². The van der Waals surface area contributed by atoms with Crippen molar-refractivity contribution in [1.82, 2.24) is 10.4 Å². The molecule has 0 spiro atoms. The van der Waals surface area contributed by atoms with E-state index in [9.17, 15) is 14.9 Å². The monoisotopic (exact) mass is 378 g/mol. The molecule has 0 aliphatic heterocycles. The van der Waals surface area contributed by atoms with Crippen LogP contribution in [0.2, 0.25) is 0 Å². The molecule has 2 aromatic rings. The van der Waals surface area contributed by atoms with E-state index in [4.69, 9.17) is 4.74 Å². The average molecular weight is 379 g/mol. The Hall–Kier alpha value is -2.81. The molecule has 0 aliphatic rings. The number of nitrogens with zero attached hydrogens (tertiary/aromatic N) is 3. The van der Waals surface area contributed by atoms with Crippen molar-refractivity contribution in [2.75, 3.05) is 7.11 Å². The van der Waals surface area contributed by atoms with E-state index in [0.29, 0.717) is 15.6 Å². The van der Waals surface area contributed by atoms with E-state index in [-0.39, 0.29) is 11.4 Å². The van der Waals surface area contributed by atoms with Crippen LogP contribution in [0.25, 0.3) is 0 Å². The second-order valence-electron chi connectivity index (χ2n) is 4.28. The van der Waals surface area contributed by atoms with Crippen LogP contribution in [-0.4, -0.2) is 29.1 Å². The number of rotatable bonds is 5. The van der Waals surface area contributed by atoms with Crippen LogP contribution in [-0.2, 0) is 0 Å². The predicted molar refractivity (Wildman–Crippen MR) is 86.6 cm³/mol. The highest BCUT2D eigenvalue weighted by Gasteiger charge is 2.14. The van der Waals surface area contributed by atoms with Gasteiger partial charge in [0.25, 0.3) is 5.91 Å². The van der Waals surface area contributed by atoms with Gasteiger partial charge >= 0.3 is 5.69 Å². The van der Waals surface area contributed by atoms with Crippen LogP contribution in [0.4, 0.5) is 5.69 Å². The molecule has 1 amide bonds. The minimum atomic E-state index is -0.554. The first-order valence-electron chi connectivity index (χ1n) is 6.27. The third-order valence-corrected chi connectivity index (χ3v) is 3.18. The van der Waals surface area contributed by atoms with Gasteiger partial charge in [-0.25, -0.2) is 5.43 Å². The average Bonchev–Trinajstić information content (AvgIpc) is 2.54. The van der Waals surface area contributed by atoms with Crippen LogP contribution >= 0.6 is 15.9 Å². The summed E-state index contributed by atoms with van der Waals surface area (Å²) < 4.78 is 5.57. The number of nitro benzene ring substituents is 1. The van der Waals surface area contributed by atoms with Crippen molar-refractivity contribution in [3.63, 3.8) is 0 Å². The van der Waals surface area contributed by atoms with Crippen molar-refractivity contribution in [2.24, 2.45) is 5.10 Å². The van der Waals surface area contributed by atoms with Crippen molar-refractivity contribution in [3.05, 3.63) is 62.4 Å². The van der Waals surface area contributed by atoms with Gasteiger partial charge in [-0.3, -0.25) is 19.9 Å². The molecule has 1 heterocycles. The fourth-order valence-electron chi connectivity index (χ4n) is 1.70. The Bertz CT molecular complexity index is 779. The van der Waals surface area contributed by atoms with Gasteiger partial charge in [-0.1, -0.05) is 0 Å². The number of methoxy groups -OCH3 is 1. The summed E-state index contributed by atoms with van der Waals surface area (Å²) in [5.41, 5.74) is 2.92. The Morgan fingerprint density at radius 2 is 2.22 bits per heavy atom. The molecule has 0 unspecified atom stereocenters. The lowest BCUT2D eigenvalue weighted by molar-refractivity contribution is -0.385. The zero-order chi connectivity index (χ0) is 16.8. The third kappa shape index (κ3) is 4.33. The van der Waals surface area contributed by atoms with E-state index in [1.165, 1.54) is 31.7 Å². The molecule has 0 saturated carbocycles. The summed E-state index contributed by atoms with van der Waals surface area (Å²) in [5, 5.41) is 14.7. The maximum absolute atomic E-state index is 11.8. The predicted octanol–water partition coefficient (Wildman–Crippen LogP) is 2.52. The summed E-state index contributed by atoms with van der Waals surface area (Å²) in [4.78, 5) is 26.1. The molecule has 2 rings (SSSR count).